The molecule has 1 heterocycles. The van der Waals surface area contributed by atoms with Crippen LogP contribution in [0.5, 0.6) is 0 Å². The van der Waals surface area contributed by atoms with Gasteiger partial charge < -0.3 is 5.32 Å². The average molecular weight is 291 g/mol. The van der Waals surface area contributed by atoms with E-state index in [0.29, 0.717) is 0 Å². The van der Waals surface area contributed by atoms with Crippen LogP contribution in [0.4, 0.5) is 18.9 Å². The van der Waals surface area contributed by atoms with E-state index >= 15 is 0 Å². The SMILES string of the molecule is FC(F)(F)c1ccccc1CNc1ccc2cn[nH]c2c1. The van der Waals surface area contributed by atoms with Gasteiger partial charge >= 0.3 is 6.18 Å². The van der Waals surface area contributed by atoms with Crippen molar-refractivity contribution in [3.8, 4) is 0 Å². The van der Waals surface area contributed by atoms with Gasteiger partial charge in [-0.3, -0.25) is 5.10 Å². The molecule has 0 radical (unpaired) electrons. The second-order valence-electron chi connectivity index (χ2n) is 4.68. The molecule has 21 heavy (non-hydrogen) atoms. The van der Waals surface area contributed by atoms with Gasteiger partial charge in [0.2, 0.25) is 0 Å². The fourth-order valence-corrected chi connectivity index (χ4v) is 2.20. The molecule has 0 saturated heterocycles. The summed E-state index contributed by atoms with van der Waals surface area (Å²) >= 11 is 0. The number of hydrogen-bond donors (Lipinski definition) is 2. The van der Waals surface area contributed by atoms with Crippen molar-refractivity contribution in [3.05, 3.63) is 59.8 Å². The van der Waals surface area contributed by atoms with Crippen molar-refractivity contribution in [3.63, 3.8) is 0 Å². The van der Waals surface area contributed by atoms with Gasteiger partial charge in [0.05, 0.1) is 17.3 Å². The third-order valence-corrected chi connectivity index (χ3v) is 3.25. The van der Waals surface area contributed by atoms with E-state index in [4.69, 9.17) is 0 Å². The van der Waals surface area contributed by atoms with Gasteiger partial charge in [0.1, 0.15) is 0 Å². The van der Waals surface area contributed by atoms with E-state index in [9.17, 15) is 13.2 Å². The quantitative estimate of drug-likeness (QED) is 0.759. The molecular weight excluding hydrogens is 279 g/mol. The van der Waals surface area contributed by atoms with Gasteiger partial charge in [-0.05, 0) is 29.8 Å². The molecule has 0 atom stereocenters. The second kappa shape index (κ2) is 5.12. The third-order valence-electron chi connectivity index (χ3n) is 3.25. The Kier molecular flexibility index (Phi) is 3.29. The van der Waals surface area contributed by atoms with E-state index < -0.39 is 11.7 Å². The lowest BCUT2D eigenvalue weighted by atomic mass is 10.1. The summed E-state index contributed by atoms with van der Waals surface area (Å²) in [5, 5.41) is 10.7. The summed E-state index contributed by atoms with van der Waals surface area (Å²) in [4.78, 5) is 0. The lowest BCUT2D eigenvalue weighted by Gasteiger charge is -2.13. The molecular formula is C15H12F3N3. The van der Waals surface area contributed by atoms with Crippen LogP contribution in [-0.4, -0.2) is 10.2 Å². The predicted octanol–water partition coefficient (Wildman–Crippen LogP) is 4.19. The molecule has 0 fully saturated rings. The molecule has 0 spiro atoms. The molecule has 3 nitrogen and oxygen atoms in total. The van der Waals surface area contributed by atoms with Crippen LogP contribution in [0.15, 0.2) is 48.7 Å². The third kappa shape index (κ3) is 2.84. The molecule has 2 aromatic carbocycles. The molecule has 0 amide bonds. The van der Waals surface area contributed by atoms with E-state index in [-0.39, 0.29) is 12.1 Å². The molecule has 108 valence electrons. The first kappa shape index (κ1) is 13.5. The Morgan fingerprint density at radius 1 is 1.10 bits per heavy atom. The molecule has 6 heteroatoms. The lowest BCUT2D eigenvalue weighted by Crippen LogP contribution is -2.11. The van der Waals surface area contributed by atoms with Crippen LogP contribution in [0.2, 0.25) is 0 Å². The Balaban J connectivity index is 1.81. The summed E-state index contributed by atoms with van der Waals surface area (Å²) in [5.74, 6) is 0. The minimum Gasteiger partial charge on any atom is -0.381 e. The van der Waals surface area contributed by atoms with Crippen molar-refractivity contribution >= 4 is 16.6 Å². The van der Waals surface area contributed by atoms with Gasteiger partial charge in [-0.25, -0.2) is 0 Å². The highest BCUT2D eigenvalue weighted by Gasteiger charge is 2.32. The van der Waals surface area contributed by atoms with Crippen LogP contribution in [0.25, 0.3) is 10.9 Å². The number of nitrogens with one attached hydrogen (secondary N) is 2. The topological polar surface area (TPSA) is 40.7 Å². The summed E-state index contributed by atoms with van der Waals surface area (Å²) in [6, 6.07) is 11.1. The van der Waals surface area contributed by atoms with Crippen LogP contribution in [0.1, 0.15) is 11.1 Å². The second-order valence-corrected chi connectivity index (χ2v) is 4.68. The van der Waals surface area contributed by atoms with Crippen molar-refractivity contribution in [1.29, 1.82) is 0 Å². The van der Waals surface area contributed by atoms with E-state index in [1.807, 2.05) is 18.2 Å². The number of alkyl halides is 3. The lowest BCUT2D eigenvalue weighted by molar-refractivity contribution is -0.138. The Morgan fingerprint density at radius 3 is 2.71 bits per heavy atom. The molecule has 0 unspecified atom stereocenters. The molecule has 3 aromatic rings. The zero-order chi connectivity index (χ0) is 14.9. The van der Waals surface area contributed by atoms with E-state index in [0.717, 1.165) is 22.7 Å². The zero-order valence-corrected chi connectivity index (χ0v) is 10.9. The van der Waals surface area contributed by atoms with Crippen molar-refractivity contribution in [2.45, 2.75) is 12.7 Å². The summed E-state index contributed by atoms with van der Waals surface area (Å²) in [5.41, 5.74) is 1.18. The monoisotopic (exact) mass is 291 g/mol. The maximum Gasteiger partial charge on any atom is 0.416 e. The predicted molar refractivity (Wildman–Crippen MR) is 74.9 cm³/mol. The number of aromatic amines is 1. The summed E-state index contributed by atoms with van der Waals surface area (Å²) in [6.45, 7) is 0.106. The number of aromatic nitrogens is 2. The Morgan fingerprint density at radius 2 is 1.90 bits per heavy atom. The first-order valence-corrected chi connectivity index (χ1v) is 6.36. The van der Waals surface area contributed by atoms with Gasteiger partial charge in [0, 0.05) is 17.6 Å². The Labute approximate surface area is 118 Å². The number of benzene rings is 2. The van der Waals surface area contributed by atoms with Crippen LogP contribution >= 0.6 is 0 Å². The van der Waals surface area contributed by atoms with Gasteiger partial charge in [0.15, 0.2) is 0 Å². The van der Waals surface area contributed by atoms with Gasteiger partial charge in [-0.1, -0.05) is 18.2 Å². The number of hydrogen-bond acceptors (Lipinski definition) is 2. The standard InChI is InChI=1S/C15H12F3N3/c16-15(17,18)13-4-2-1-3-10(13)8-19-12-6-5-11-9-20-21-14(11)7-12/h1-7,9,19H,8H2,(H,20,21). The normalized spacial score (nSPS) is 11.8. The highest BCUT2D eigenvalue weighted by molar-refractivity contribution is 5.81. The molecule has 1 aromatic heterocycles. The molecule has 2 N–H and O–H groups in total. The molecule has 0 bridgehead atoms. The number of halogens is 3. The maximum atomic E-state index is 12.9. The highest BCUT2D eigenvalue weighted by Crippen LogP contribution is 2.32. The van der Waals surface area contributed by atoms with Gasteiger partial charge in [-0.2, -0.15) is 18.3 Å². The molecule has 0 aliphatic carbocycles. The van der Waals surface area contributed by atoms with Crippen molar-refractivity contribution in [1.82, 2.24) is 10.2 Å². The van der Waals surface area contributed by atoms with Crippen LogP contribution in [-0.2, 0) is 12.7 Å². The first-order valence-electron chi connectivity index (χ1n) is 6.36. The minimum absolute atomic E-state index is 0.106. The Hall–Kier alpha value is -2.50. The average Bonchev–Trinajstić information content (AvgIpc) is 2.92. The molecule has 3 rings (SSSR count). The van der Waals surface area contributed by atoms with Gasteiger partial charge in [0.25, 0.3) is 0 Å². The summed E-state index contributed by atoms with van der Waals surface area (Å²) in [7, 11) is 0. The fourth-order valence-electron chi connectivity index (χ4n) is 2.20. The van der Waals surface area contributed by atoms with Crippen LogP contribution in [0, 0.1) is 0 Å². The summed E-state index contributed by atoms with van der Waals surface area (Å²) in [6.07, 6.45) is -2.65. The number of H-pyrrole nitrogens is 1. The van der Waals surface area contributed by atoms with Crippen molar-refractivity contribution in [2.24, 2.45) is 0 Å². The van der Waals surface area contributed by atoms with E-state index in [2.05, 4.69) is 15.5 Å². The van der Waals surface area contributed by atoms with E-state index in [1.54, 1.807) is 12.3 Å². The molecule has 0 aliphatic heterocycles. The van der Waals surface area contributed by atoms with Crippen LogP contribution in [0.3, 0.4) is 0 Å². The number of rotatable bonds is 3. The van der Waals surface area contributed by atoms with Crippen molar-refractivity contribution < 1.29 is 13.2 Å². The smallest absolute Gasteiger partial charge is 0.381 e. The van der Waals surface area contributed by atoms with Gasteiger partial charge in [-0.15, -0.1) is 0 Å². The van der Waals surface area contributed by atoms with Crippen LogP contribution < -0.4 is 5.32 Å². The number of anilines is 1. The zero-order valence-electron chi connectivity index (χ0n) is 10.9. The molecule has 0 saturated carbocycles. The van der Waals surface area contributed by atoms with Crippen molar-refractivity contribution in [2.75, 3.05) is 5.32 Å². The molecule has 0 aliphatic rings. The number of fused-ring (bicyclic) bond motifs is 1. The first-order chi connectivity index (χ1) is 10.0. The Bertz CT molecular complexity index is 762. The number of nitrogens with zero attached hydrogens (tertiary/aromatic N) is 1. The summed E-state index contributed by atoms with van der Waals surface area (Å²) < 4.78 is 38.7. The largest absolute Gasteiger partial charge is 0.416 e. The maximum absolute atomic E-state index is 12.9. The van der Waals surface area contributed by atoms with E-state index in [1.165, 1.54) is 12.1 Å². The minimum atomic E-state index is -4.34. The highest BCUT2D eigenvalue weighted by atomic mass is 19.4. The fraction of sp³-hybridized carbons (Fsp3) is 0.133.